The lowest BCUT2D eigenvalue weighted by atomic mass is 10.1. The van der Waals surface area contributed by atoms with E-state index in [0.717, 1.165) is 17.4 Å². The standard InChI is InChI=1S/C20H20N2O5S/c1-13-3-8-16(28(2,26)27)11-17(13)21-20(25)15-6-4-14(5-7-15)12-22-18(23)9-10-19(22)24/h3-8,11H,9-10,12H2,1-2H3,(H,21,25). The summed E-state index contributed by atoms with van der Waals surface area (Å²) in [5.74, 6) is -0.755. The van der Waals surface area contributed by atoms with E-state index >= 15 is 0 Å². The van der Waals surface area contributed by atoms with Gasteiger partial charge in [0, 0.05) is 30.3 Å². The van der Waals surface area contributed by atoms with Gasteiger partial charge in [0.05, 0.1) is 11.4 Å². The monoisotopic (exact) mass is 400 g/mol. The predicted molar refractivity (Wildman–Crippen MR) is 103 cm³/mol. The molecule has 0 atom stereocenters. The molecular formula is C20H20N2O5S. The van der Waals surface area contributed by atoms with Gasteiger partial charge in [-0.1, -0.05) is 18.2 Å². The van der Waals surface area contributed by atoms with E-state index in [1.807, 2.05) is 0 Å². The number of hydrogen-bond acceptors (Lipinski definition) is 5. The molecule has 2 aromatic rings. The van der Waals surface area contributed by atoms with Crippen molar-refractivity contribution in [3.8, 4) is 0 Å². The van der Waals surface area contributed by atoms with Crippen molar-refractivity contribution in [2.75, 3.05) is 11.6 Å². The highest BCUT2D eigenvalue weighted by molar-refractivity contribution is 7.90. The Morgan fingerprint density at radius 2 is 1.64 bits per heavy atom. The van der Waals surface area contributed by atoms with Gasteiger partial charge in [-0.05, 0) is 42.3 Å². The number of aryl methyl sites for hydroxylation is 1. The number of likely N-dealkylation sites (tertiary alicyclic amines) is 1. The molecule has 1 aliphatic rings. The average Bonchev–Trinajstić information content (AvgIpc) is 2.95. The molecule has 1 fully saturated rings. The maximum Gasteiger partial charge on any atom is 0.255 e. The lowest BCUT2D eigenvalue weighted by molar-refractivity contribution is -0.139. The van der Waals surface area contributed by atoms with Gasteiger partial charge in [0.2, 0.25) is 11.8 Å². The summed E-state index contributed by atoms with van der Waals surface area (Å²) < 4.78 is 23.4. The Kier molecular flexibility index (Phi) is 5.33. The first-order valence-corrected chi connectivity index (χ1v) is 10.6. The molecular weight excluding hydrogens is 380 g/mol. The predicted octanol–water partition coefficient (Wildman–Crippen LogP) is 2.30. The maximum absolute atomic E-state index is 12.5. The van der Waals surface area contributed by atoms with E-state index in [1.54, 1.807) is 37.3 Å². The third kappa shape index (κ3) is 4.28. The molecule has 0 radical (unpaired) electrons. The fraction of sp³-hybridized carbons (Fsp3) is 0.250. The average molecular weight is 400 g/mol. The van der Waals surface area contributed by atoms with Gasteiger partial charge in [-0.3, -0.25) is 19.3 Å². The molecule has 3 rings (SSSR count). The Balaban J connectivity index is 1.73. The van der Waals surface area contributed by atoms with Crippen molar-refractivity contribution in [2.24, 2.45) is 0 Å². The number of nitrogens with zero attached hydrogens (tertiary/aromatic N) is 1. The summed E-state index contributed by atoms with van der Waals surface area (Å²) in [6.07, 6.45) is 1.59. The summed E-state index contributed by atoms with van der Waals surface area (Å²) >= 11 is 0. The van der Waals surface area contributed by atoms with Crippen LogP contribution in [0.4, 0.5) is 5.69 Å². The van der Waals surface area contributed by atoms with Crippen LogP contribution in [-0.2, 0) is 26.0 Å². The van der Waals surface area contributed by atoms with E-state index < -0.39 is 9.84 Å². The number of benzene rings is 2. The van der Waals surface area contributed by atoms with Gasteiger partial charge < -0.3 is 5.32 Å². The third-order valence-electron chi connectivity index (χ3n) is 4.60. The SMILES string of the molecule is Cc1ccc(S(C)(=O)=O)cc1NC(=O)c1ccc(CN2C(=O)CCC2=O)cc1. The summed E-state index contributed by atoms with van der Waals surface area (Å²) in [5, 5.41) is 2.72. The zero-order valence-electron chi connectivity index (χ0n) is 15.6. The highest BCUT2D eigenvalue weighted by Crippen LogP contribution is 2.21. The normalized spacial score (nSPS) is 14.4. The van der Waals surface area contributed by atoms with Crippen molar-refractivity contribution < 1.29 is 22.8 Å². The summed E-state index contributed by atoms with van der Waals surface area (Å²) in [7, 11) is -3.38. The van der Waals surface area contributed by atoms with Gasteiger partial charge in [0.25, 0.3) is 5.91 Å². The Hall–Kier alpha value is -3.00. The molecule has 0 unspecified atom stereocenters. The minimum absolute atomic E-state index is 0.128. The summed E-state index contributed by atoms with van der Waals surface area (Å²) in [6.45, 7) is 1.96. The number of rotatable bonds is 5. The zero-order valence-corrected chi connectivity index (χ0v) is 16.4. The lowest BCUT2D eigenvalue weighted by Gasteiger charge is -2.14. The van der Waals surface area contributed by atoms with Crippen molar-refractivity contribution in [1.29, 1.82) is 0 Å². The first-order valence-electron chi connectivity index (χ1n) is 8.69. The smallest absolute Gasteiger partial charge is 0.255 e. The third-order valence-corrected chi connectivity index (χ3v) is 5.71. The second-order valence-electron chi connectivity index (χ2n) is 6.77. The molecule has 0 aromatic heterocycles. The molecule has 1 N–H and O–H groups in total. The Morgan fingerprint density at radius 3 is 2.21 bits per heavy atom. The van der Waals surface area contributed by atoms with Gasteiger partial charge in [0.1, 0.15) is 0 Å². The number of hydrogen-bond donors (Lipinski definition) is 1. The summed E-state index contributed by atoms with van der Waals surface area (Å²) in [6, 6.07) is 11.1. The van der Waals surface area contributed by atoms with Crippen molar-refractivity contribution in [3.05, 3.63) is 59.2 Å². The van der Waals surface area contributed by atoms with Crippen LogP contribution in [0.3, 0.4) is 0 Å². The fourth-order valence-electron chi connectivity index (χ4n) is 2.90. The van der Waals surface area contributed by atoms with Crippen LogP contribution in [0.2, 0.25) is 0 Å². The second-order valence-corrected chi connectivity index (χ2v) is 8.79. The van der Waals surface area contributed by atoms with E-state index in [4.69, 9.17) is 0 Å². The number of nitrogens with one attached hydrogen (secondary N) is 1. The number of sulfone groups is 1. The highest BCUT2D eigenvalue weighted by atomic mass is 32.2. The van der Waals surface area contributed by atoms with Gasteiger partial charge in [-0.25, -0.2) is 8.42 Å². The van der Waals surface area contributed by atoms with Crippen LogP contribution in [0.25, 0.3) is 0 Å². The van der Waals surface area contributed by atoms with Crippen LogP contribution >= 0.6 is 0 Å². The topological polar surface area (TPSA) is 101 Å². The van der Waals surface area contributed by atoms with Gasteiger partial charge >= 0.3 is 0 Å². The number of anilines is 1. The minimum Gasteiger partial charge on any atom is -0.322 e. The minimum atomic E-state index is -3.38. The first-order chi connectivity index (χ1) is 13.1. The zero-order chi connectivity index (χ0) is 20.5. The van der Waals surface area contributed by atoms with Crippen LogP contribution in [0.15, 0.2) is 47.4 Å². The molecule has 0 spiro atoms. The van der Waals surface area contributed by atoms with Crippen LogP contribution in [0, 0.1) is 6.92 Å². The van der Waals surface area contributed by atoms with Crippen molar-refractivity contribution >= 4 is 33.2 Å². The van der Waals surface area contributed by atoms with E-state index in [0.29, 0.717) is 11.3 Å². The fourth-order valence-corrected chi connectivity index (χ4v) is 3.55. The molecule has 8 heteroatoms. The lowest BCUT2D eigenvalue weighted by Crippen LogP contribution is -2.28. The Morgan fingerprint density at radius 1 is 1.04 bits per heavy atom. The Labute approximate surface area is 163 Å². The molecule has 1 saturated heterocycles. The van der Waals surface area contributed by atoms with E-state index in [-0.39, 0.29) is 42.0 Å². The van der Waals surface area contributed by atoms with Crippen molar-refractivity contribution in [3.63, 3.8) is 0 Å². The first kappa shape index (κ1) is 19.8. The van der Waals surface area contributed by atoms with Gasteiger partial charge in [-0.15, -0.1) is 0 Å². The number of carbonyl (C=O) groups is 3. The molecule has 1 aliphatic heterocycles. The van der Waals surface area contributed by atoms with Crippen molar-refractivity contribution in [1.82, 2.24) is 4.90 Å². The van der Waals surface area contributed by atoms with E-state index in [2.05, 4.69) is 5.32 Å². The molecule has 2 aromatic carbocycles. The molecule has 146 valence electrons. The maximum atomic E-state index is 12.5. The second kappa shape index (κ2) is 7.55. The van der Waals surface area contributed by atoms with Crippen LogP contribution in [0.1, 0.15) is 34.3 Å². The quantitative estimate of drug-likeness (QED) is 0.776. The number of carbonyl (C=O) groups excluding carboxylic acids is 3. The largest absolute Gasteiger partial charge is 0.322 e. The molecule has 1 heterocycles. The molecule has 28 heavy (non-hydrogen) atoms. The van der Waals surface area contributed by atoms with Crippen LogP contribution < -0.4 is 5.32 Å². The van der Waals surface area contributed by atoms with Crippen LogP contribution in [0.5, 0.6) is 0 Å². The number of imide groups is 1. The Bertz CT molecular complexity index is 1040. The summed E-state index contributed by atoms with van der Waals surface area (Å²) in [5.41, 5.74) is 2.29. The van der Waals surface area contributed by atoms with E-state index in [1.165, 1.54) is 17.0 Å². The van der Waals surface area contributed by atoms with Gasteiger partial charge in [-0.2, -0.15) is 0 Å². The summed E-state index contributed by atoms with van der Waals surface area (Å²) in [4.78, 5) is 37.2. The molecule has 0 bridgehead atoms. The van der Waals surface area contributed by atoms with Crippen molar-refractivity contribution in [2.45, 2.75) is 31.2 Å². The highest BCUT2D eigenvalue weighted by Gasteiger charge is 2.28. The molecule has 3 amide bonds. The molecule has 0 aliphatic carbocycles. The number of amides is 3. The van der Waals surface area contributed by atoms with Crippen LogP contribution in [-0.4, -0.2) is 37.3 Å². The van der Waals surface area contributed by atoms with E-state index in [9.17, 15) is 22.8 Å². The molecule has 0 saturated carbocycles. The van der Waals surface area contributed by atoms with Gasteiger partial charge in [0.15, 0.2) is 9.84 Å². The molecule has 7 nitrogen and oxygen atoms in total.